The molecule has 260 valence electrons. The Bertz CT molecular complexity index is 2100. The quantitative estimate of drug-likeness (QED) is 0.0925. The maximum atomic E-state index is 14.0. The molecule has 13 heteroatoms. The Labute approximate surface area is 286 Å². The number of nitrogens with two attached hydrogens (primary N) is 1. The van der Waals surface area contributed by atoms with Crippen molar-refractivity contribution in [2.45, 2.75) is 79.5 Å². The van der Waals surface area contributed by atoms with Crippen LogP contribution in [0.15, 0.2) is 75.2 Å². The number of ether oxygens (including phenoxy) is 1. The zero-order valence-corrected chi connectivity index (χ0v) is 30.1. The van der Waals surface area contributed by atoms with E-state index < -0.39 is 35.7 Å². The second kappa shape index (κ2) is 13.3. The molecule has 0 bridgehead atoms. The van der Waals surface area contributed by atoms with Crippen LogP contribution in [-0.4, -0.2) is 55.7 Å². The van der Waals surface area contributed by atoms with Crippen molar-refractivity contribution in [2.24, 2.45) is 13.0 Å². The minimum Gasteiger partial charge on any atom is -0.396 e. The topological polar surface area (TPSA) is 134 Å². The fraction of sp³-hybridized carbons (Fsp3) is 0.417. The largest absolute Gasteiger partial charge is 0.396 e. The standard InChI is InChI=1S/C36H43FN4O6SSi/c1-39-33-20-25(8-11-31(33)41(36(39)44)32-12-13-34(42)40(35(32)43)22-47-14-15-49(2,3)4)26-17-24(18-26)16-23-6-5-7-27(19-23)48(45,46)28-9-10-30(38)29(37)21-28/h5-11,19-21,24,26,32H,12-18,22,38H2,1-4H3/t24?,26?,32-/m0/s1. The summed E-state index contributed by atoms with van der Waals surface area (Å²) in [5.74, 6) is -0.850. The van der Waals surface area contributed by atoms with Crippen LogP contribution >= 0.6 is 0 Å². The number of nitrogens with zero attached hydrogens (tertiary/aromatic N) is 3. The van der Waals surface area contributed by atoms with E-state index in [0.717, 1.165) is 46.5 Å². The number of imide groups is 1. The van der Waals surface area contributed by atoms with E-state index >= 15 is 0 Å². The van der Waals surface area contributed by atoms with Gasteiger partial charge in [0.1, 0.15) is 18.6 Å². The van der Waals surface area contributed by atoms with E-state index in [9.17, 15) is 27.2 Å². The van der Waals surface area contributed by atoms with Gasteiger partial charge in [0.2, 0.25) is 15.7 Å². The number of carbonyl (C=O) groups excluding carboxylic acids is 2. The summed E-state index contributed by atoms with van der Waals surface area (Å²) >= 11 is 0. The number of hydrogen-bond donors (Lipinski definition) is 1. The highest BCUT2D eigenvalue weighted by Gasteiger charge is 2.38. The summed E-state index contributed by atoms with van der Waals surface area (Å²) in [6, 6.07) is 16.4. The van der Waals surface area contributed by atoms with E-state index in [-0.39, 0.29) is 52.6 Å². The van der Waals surface area contributed by atoms with E-state index in [1.807, 2.05) is 24.3 Å². The number of piperidine rings is 1. The number of halogens is 1. The molecule has 1 aliphatic carbocycles. The van der Waals surface area contributed by atoms with Gasteiger partial charge in [0.05, 0.1) is 26.5 Å². The molecule has 2 heterocycles. The third-order valence-electron chi connectivity index (χ3n) is 9.85. The second-order valence-electron chi connectivity index (χ2n) is 14.6. The molecule has 1 saturated carbocycles. The molecule has 6 rings (SSSR count). The number of aryl methyl sites for hydroxylation is 1. The molecule has 2 fully saturated rings. The van der Waals surface area contributed by atoms with Crippen LogP contribution in [0.3, 0.4) is 0 Å². The Kier molecular flexibility index (Phi) is 9.46. The number of likely N-dealkylation sites (tertiary alicyclic amines) is 1. The number of amides is 2. The van der Waals surface area contributed by atoms with E-state index in [1.54, 1.807) is 23.7 Å². The minimum atomic E-state index is -3.90. The van der Waals surface area contributed by atoms with Crippen molar-refractivity contribution in [1.82, 2.24) is 14.0 Å². The zero-order valence-electron chi connectivity index (χ0n) is 28.3. The van der Waals surface area contributed by atoms with E-state index in [2.05, 4.69) is 19.6 Å². The molecule has 1 atom stereocenters. The molecule has 10 nitrogen and oxygen atoms in total. The first-order valence-corrected chi connectivity index (χ1v) is 21.8. The normalized spacial score (nSPS) is 20.2. The van der Waals surface area contributed by atoms with Gasteiger partial charge in [0.25, 0.3) is 5.91 Å². The SMILES string of the molecule is Cn1c(=O)n([C@H]2CCC(=O)N(COCC[Si](C)(C)C)C2=O)c2ccc(C3CC(Cc4cccc(S(=O)(=O)c5ccc(N)c(F)c5)c4)C3)cc21. The molecule has 2 aliphatic rings. The number of carbonyl (C=O) groups is 2. The first-order chi connectivity index (χ1) is 23.1. The Morgan fingerprint density at radius 2 is 1.69 bits per heavy atom. The fourth-order valence-corrected chi connectivity index (χ4v) is 8.92. The number of sulfone groups is 1. The van der Waals surface area contributed by atoms with Crippen molar-refractivity contribution in [3.8, 4) is 0 Å². The monoisotopic (exact) mass is 706 g/mol. The van der Waals surface area contributed by atoms with E-state index in [4.69, 9.17) is 10.5 Å². The molecular weight excluding hydrogens is 664 g/mol. The summed E-state index contributed by atoms with van der Waals surface area (Å²) in [5, 5.41) is 0. The van der Waals surface area contributed by atoms with Crippen LogP contribution in [0.4, 0.5) is 10.1 Å². The van der Waals surface area contributed by atoms with Crippen LogP contribution in [0.25, 0.3) is 11.0 Å². The molecule has 0 radical (unpaired) electrons. The Balaban J connectivity index is 1.13. The van der Waals surface area contributed by atoms with E-state index in [1.165, 1.54) is 22.8 Å². The summed E-state index contributed by atoms with van der Waals surface area (Å²) in [6.07, 6.45) is 2.92. The van der Waals surface area contributed by atoms with Crippen LogP contribution in [0.2, 0.25) is 25.7 Å². The molecule has 3 aromatic carbocycles. The van der Waals surface area contributed by atoms with Gasteiger partial charge < -0.3 is 10.5 Å². The third kappa shape index (κ3) is 7.01. The Morgan fingerprint density at radius 3 is 2.41 bits per heavy atom. The minimum absolute atomic E-state index is 0.103. The molecule has 1 aromatic heterocycles. The number of anilines is 1. The van der Waals surface area contributed by atoms with Gasteiger partial charge in [0, 0.05) is 28.1 Å². The van der Waals surface area contributed by atoms with Crippen LogP contribution in [0.1, 0.15) is 48.8 Å². The highest BCUT2D eigenvalue weighted by atomic mass is 32.2. The average Bonchev–Trinajstić information content (AvgIpc) is 3.27. The lowest BCUT2D eigenvalue weighted by atomic mass is 9.69. The van der Waals surface area contributed by atoms with Crippen molar-refractivity contribution in [3.05, 3.63) is 88.1 Å². The van der Waals surface area contributed by atoms with Crippen LogP contribution < -0.4 is 11.4 Å². The number of aromatic nitrogens is 2. The molecule has 1 aliphatic heterocycles. The number of imidazole rings is 1. The zero-order chi connectivity index (χ0) is 35.2. The lowest BCUT2D eigenvalue weighted by Gasteiger charge is -2.36. The second-order valence-corrected chi connectivity index (χ2v) is 22.2. The van der Waals surface area contributed by atoms with Crippen molar-refractivity contribution in [2.75, 3.05) is 19.1 Å². The summed E-state index contributed by atoms with van der Waals surface area (Å²) in [6.45, 7) is 7.08. The lowest BCUT2D eigenvalue weighted by Crippen LogP contribution is -2.48. The molecule has 2 amide bonds. The first-order valence-electron chi connectivity index (χ1n) is 16.7. The van der Waals surface area contributed by atoms with Crippen LogP contribution in [-0.2, 0) is 37.6 Å². The van der Waals surface area contributed by atoms with Crippen LogP contribution in [0.5, 0.6) is 0 Å². The number of benzene rings is 3. The van der Waals surface area contributed by atoms with Crippen molar-refractivity contribution < 1.29 is 27.1 Å². The van der Waals surface area contributed by atoms with Gasteiger partial charge in [-0.2, -0.15) is 0 Å². The average molecular weight is 707 g/mol. The Morgan fingerprint density at radius 1 is 0.959 bits per heavy atom. The fourth-order valence-electron chi connectivity index (χ4n) is 6.82. The lowest BCUT2D eigenvalue weighted by molar-refractivity contribution is -0.157. The molecule has 4 aromatic rings. The molecule has 0 unspecified atom stereocenters. The van der Waals surface area contributed by atoms with Gasteiger partial charge in [-0.25, -0.2) is 17.6 Å². The molecule has 49 heavy (non-hydrogen) atoms. The summed E-state index contributed by atoms with van der Waals surface area (Å²) in [4.78, 5) is 40.8. The highest BCUT2D eigenvalue weighted by molar-refractivity contribution is 7.91. The Hall–Kier alpha value is -4.07. The first kappa shape index (κ1) is 34.8. The molecular formula is C36H43FN4O6SSi. The van der Waals surface area contributed by atoms with Gasteiger partial charge in [0.15, 0.2) is 0 Å². The smallest absolute Gasteiger partial charge is 0.329 e. The van der Waals surface area contributed by atoms with E-state index in [0.29, 0.717) is 24.5 Å². The number of rotatable bonds is 11. The summed E-state index contributed by atoms with van der Waals surface area (Å²) in [5.41, 5.74) is 8.48. The van der Waals surface area contributed by atoms with Crippen molar-refractivity contribution in [3.63, 3.8) is 0 Å². The van der Waals surface area contributed by atoms with Crippen molar-refractivity contribution in [1.29, 1.82) is 0 Å². The highest BCUT2D eigenvalue weighted by Crippen LogP contribution is 2.44. The summed E-state index contributed by atoms with van der Waals surface area (Å²) < 4.78 is 49.2. The summed E-state index contributed by atoms with van der Waals surface area (Å²) in [7, 11) is -3.53. The number of fused-ring (bicyclic) bond motifs is 1. The van der Waals surface area contributed by atoms with Gasteiger partial charge in [-0.3, -0.25) is 23.6 Å². The predicted octanol–water partition coefficient (Wildman–Crippen LogP) is 5.63. The number of hydrogen-bond acceptors (Lipinski definition) is 7. The molecule has 0 spiro atoms. The van der Waals surface area contributed by atoms with Gasteiger partial charge >= 0.3 is 5.69 Å². The predicted molar refractivity (Wildman–Crippen MR) is 188 cm³/mol. The van der Waals surface area contributed by atoms with Gasteiger partial charge in [-0.05, 0) is 97.2 Å². The molecule has 1 saturated heterocycles. The maximum absolute atomic E-state index is 14.0. The van der Waals surface area contributed by atoms with Gasteiger partial charge in [-0.15, -0.1) is 0 Å². The van der Waals surface area contributed by atoms with Crippen molar-refractivity contribution >= 4 is 46.4 Å². The van der Waals surface area contributed by atoms with Crippen LogP contribution in [0, 0.1) is 11.7 Å². The number of nitrogen functional groups attached to an aromatic ring is 1. The van der Waals surface area contributed by atoms with Gasteiger partial charge in [-0.1, -0.05) is 37.8 Å². The maximum Gasteiger partial charge on any atom is 0.329 e. The third-order valence-corrected chi connectivity index (χ3v) is 13.3. The molecule has 2 N–H and O–H groups in total.